The van der Waals surface area contributed by atoms with Gasteiger partial charge in [-0.1, -0.05) is 31.2 Å². The van der Waals surface area contributed by atoms with Gasteiger partial charge in [0.05, 0.1) is 29.0 Å². The molecule has 2 aliphatic rings. The monoisotopic (exact) mass is 411 g/mol. The van der Waals surface area contributed by atoms with Crippen molar-refractivity contribution in [3.63, 3.8) is 0 Å². The first-order chi connectivity index (χ1) is 14.2. The molecule has 2 unspecified atom stereocenters. The quantitative estimate of drug-likeness (QED) is 0.814. The highest BCUT2D eigenvalue weighted by atomic mass is 19.4. The highest BCUT2D eigenvalue weighted by molar-refractivity contribution is 5.59. The van der Waals surface area contributed by atoms with E-state index in [1.165, 1.54) is 12.1 Å². The number of hydrogen-bond acceptors (Lipinski definition) is 5. The largest absolute Gasteiger partial charge is 0.416 e. The van der Waals surface area contributed by atoms with E-state index in [9.17, 15) is 29.0 Å². The van der Waals surface area contributed by atoms with E-state index in [4.69, 9.17) is 5.73 Å². The minimum atomic E-state index is -4.56. The third-order valence-corrected chi connectivity index (χ3v) is 5.85. The minimum absolute atomic E-state index is 0.0856. The van der Waals surface area contributed by atoms with Crippen LogP contribution in [0.15, 0.2) is 47.2 Å². The van der Waals surface area contributed by atoms with E-state index in [-0.39, 0.29) is 16.8 Å². The molecule has 154 valence electrons. The maximum atomic E-state index is 13.4. The summed E-state index contributed by atoms with van der Waals surface area (Å²) in [5, 5.41) is 29.7. The lowest BCUT2D eigenvalue weighted by Gasteiger charge is -2.45. The third-order valence-electron chi connectivity index (χ3n) is 5.85. The molecule has 2 atom stereocenters. The summed E-state index contributed by atoms with van der Waals surface area (Å²) >= 11 is 0. The Hall–Kier alpha value is -3.28. The lowest BCUT2D eigenvalue weighted by Crippen LogP contribution is -2.48. The fourth-order valence-corrected chi connectivity index (χ4v) is 4.52. The van der Waals surface area contributed by atoms with Crippen LogP contribution >= 0.6 is 0 Å². The molecule has 3 rings (SSSR count). The average molecular weight is 411 g/mol. The van der Waals surface area contributed by atoms with Gasteiger partial charge in [0.25, 0.3) is 0 Å². The van der Waals surface area contributed by atoms with Gasteiger partial charge in [0.1, 0.15) is 6.07 Å². The van der Waals surface area contributed by atoms with Crippen molar-refractivity contribution in [2.24, 2.45) is 17.1 Å². The number of nitriles is 3. The Morgan fingerprint density at radius 3 is 2.50 bits per heavy atom. The van der Waals surface area contributed by atoms with Crippen molar-refractivity contribution >= 4 is 0 Å². The van der Waals surface area contributed by atoms with E-state index in [0.29, 0.717) is 18.7 Å². The van der Waals surface area contributed by atoms with Gasteiger partial charge in [-0.3, -0.25) is 4.90 Å². The van der Waals surface area contributed by atoms with Gasteiger partial charge in [-0.25, -0.2) is 0 Å². The number of nitrogens with two attached hydrogens (primary N) is 1. The number of halogens is 3. The summed E-state index contributed by atoms with van der Waals surface area (Å²) in [5.41, 5.74) is 4.09. The number of benzene rings is 1. The lowest BCUT2D eigenvalue weighted by atomic mass is 9.58. The number of fused-ring (bicyclic) bond motifs is 1. The maximum absolute atomic E-state index is 13.4. The minimum Gasteiger partial charge on any atom is -0.399 e. The van der Waals surface area contributed by atoms with Crippen LogP contribution in [0.5, 0.6) is 0 Å². The molecule has 1 aliphatic carbocycles. The SMILES string of the molecule is CCCN1CC=C2C(C#N)=C(N)C(C#N)(C#N)C(c3cccc(C(F)(F)F)c3)C2C1. The predicted octanol–water partition coefficient (Wildman–Crippen LogP) is 3.84. The Labute approximate surface area is 173 Å². The topological polar surface area (TPSA) is 101 Å². The number of alkyl halides is 3. The molecule has 0 bridgehead atoms. The average Bonchev–Trinajstić information content (AvgIpc) is 2.73. The van der Waals surface area contributed by atoms with Crippen LogP contribution in [-0.2, 0) is 6.18 Å². The van der Waals surface area contributed by atoms with Gasteiger partial charge in [-0.05, 0) is 30.2 Å². The molecule has 0 amide bonds. The molecule has 1 aromatic carbocycles. The van der Waals surface area contributed by atoms with Crippen LogP contribution in [-0.4, -0.2) is 24.5 Å². The number of nitrogens with zero attached hydrogens (tertiary/aromatic N) is 4. The summed E-state index contributed by atoms with van der Waals surface area (Å²) < 4.78 is 40.1. The number of allylic oxidation sites excluding steroid dienone is 2. The van der Waals surface area contributed by atoms with Crippen LogP contribution in [0.25, 0.3) is 0 Å². The van der Waals surface area contributed by atoms with Crippen molar-refractivity contribution in [2.45, 2.75) is 25.4 Å². The van der Waals surface area contributed by atoms with E-state index in [2.05, 4.69) is 4.90 Å². The Kier molecular flexibility index (Phi) is 5.61. The fourth-order valence-electron chi connectivity index (χ4n) is 4.52. The predicted molar refractivity (Wildman–Crippen MR) is 103 cm³/mol. The zero-order valence-corrected chi connectivity index (χ0v) is 16.4. The van der Waals surface area contributed by atoms with Crippen LogP contribution in [0, 0.1) is 45.3 Å². The van der Waals surface area contributed by atoms with E-state index in [0.717, 1.165) is 25.1 Å². The molecule has 0 aromatic heterocycles. The molecule has 5 nitrogen and oxygen atoms in total. The first kappa shape index (κ1) is 21.4. The van der Waals surface area contributed by atoms with E-state index >= 15 is 0 Å². The molecule has 1 aliphatic heterocycles. The second-order valence-corrected chi connectivity index (χ2v) is 7.56. The first-order valence-electron chi connectivity index (χ1n) is 9.56. The first-order valence-corrected chi connectivity index (χ1v) is 9.56. The standard InChI is InChI=1S/C22H20F3N5/c1-2-7-30-8-6-16-17(10-26)20(29)21(12-27,13-28)19(18(16)11-30)14-4-3-5-15(9-14)22(23,24)25/h3-6,9,18-19H,2,7-8,11,29H2,1H3. The highest BCUT2D eigenvalue weighted by Crippen LogP contribution is 2.54. The summed E-state index contributed by atoms with van der Waals surface area (Å²) in [6, 6.07) is 10.6. The van der Waals surface area contributed by atoms with Gasteiger partial charge in [0, 0.05) is 24.9 Å². The van der Waals surface area contributed by atoms with Gasteiger partial charge in [0.2, 0.25) is 0 Å². The summed E-state index contributed by atoms with van der Waals surface area (Å²) in [4.78, 5) is 2.10. The molecule has 0 spiro atoms. The summed E-state index contributed by atoms with van der Waals surface area (Å²) in [7, 11) is 0. The molecule has 1 heterocycles. The van der Waals surface area contributed by atoms with Crippen molar-refractivity contribution in [2.75, 3.05) is 19.6 Å². The van der Waals surface area contributed by atoms with Crippen molar-refractivity contribution in [1.82, 2.24) is 4.90 Å². The van der Waals surface area contributed by atoms with Crippen LogP contribution in [0.2, 0.25) is 0 Å². The van der Waals surface area contributed by atoms with Gasteiger partial charge in [-0.2, -0.15) is 29.0 Å². The van der Waals surface area contributed by atoms with Crippen molar-refractivity contribution < 1.29 is 13.2 Å². The normalized spacial score (nSPS) is 23.6. The second-order valence-electron chi connectivity index (χ2n) is 7.56. The van der Waals surface area contributed by atoms with E-state index in [1.54, 1.807) is 0 Å². The molecule has 0 fully saturated rings. The number of rotatable bonds is 3. The van der Waals surface area contributed by atoms with Gasteiger partial charge in [-0.15, -0.1) is 0 Å². The van der Waals surface area contributed by atoms with E-state index in [1.807, 2.05) is 31.2 Å². The molecule has 1 aromatic rings. The van der Waals surface area contributed by atoms with Crippen LogP contribution < -0.4 is 5.73 Å². The summed E-state index contributed by atoms with van der Waals surface area (Å²) in [6.45, 7) is 3.75. The zero-order chi connectivity index (χ0) is 22.1. The van der Waals surface area contributed by atoms with Crippen LogP contribution in [0.4, 0.5) is 13.2 Å². The molecule has 8 heteroatoms. The van der Waals surface area contributed by atoms with Crippen molar-refractivity contribution in [3.05, 3.63) is 58.3 Å². The second kappa shape index (κ2) is 7.86. The van der Waals surface area contributed by atoms with Crippen LogP contribution in [0.3, 0.4) is 0 Å². The Morgan fingerprint density at radius 2 is 1.93 bits per heavy atom. The van der Waals surface area contributed by atoms with Crippen LogP contribution in [0.1, 0.15) is 30.4 Å². The maximum Gasteiger partial charge on any atom is 0.416 e. The zero-order valence-electron chi connectivity index (χ0n) is 16.4. The molecular formula is C22H20F3N5. The van der Waals surface area contributed by atoms with Gasteiger partial charge >= 0.3 is 6.18 Å². The molecule has 30 heavy (non-hydrogen) atoms. The summed E-state index contributed by atoms with van der Waals surface area (Å²) in [5.74, 6) is -1.44. The molecular weight excluding hydrogens is 391 g/mol. The Morgan fingerprint density at radius 1 is 1.23 bits per heavy atom. The van der Waals surface area contributed by atoms with E-state index < -0.39 is 29.0 Å². The molecule has 0 saturated carbocycles. The van der Waals surface area contributed by atoms with Crippen molar-refractivity contribution in [3.8, 4) is 18.2 Å². The molecule has 0 saturated heterocycles. The smallest absolute Gasteiger partial charge is 0.399 e. The fraction of sp³-hybridized carbons (Fsp3) is 0.409. The third kappa shape index (κ3) is 3.32. The lowest BCUT2D eigenvalue weighted by molar-refractivity contribution is -0.137. The highest BCUT2D eigenvalue weighted by Gasteiger charge is 2.54. The van der Waals surface area contributed by atoms with Crippen molar-refractivity contribution in [1.29, 1.82) is 15.8 Å². The molecule has 2 N–H and O–H groups in total. The summed E-state index contributed by atoms with van der Waals surface area (Å²) in [6.07, 6.45) is -1.85. The number of hydrogen-bond donors (Lipinski definition) is 1. The Bertz CT molecular complexity index is 1020. The Balaban J connectivity index is 2.28. The molecule has 0 radical (unpaired) electrons. The van der Waals surface area contributed by atoms with Gasteiger partial charge < -0.3 is 5.73 Å². The van der Waals surface area contributed by atoms with Gasteiger partial charge in [0.15, 0.2) is 5.41 Å².